The number of benzene rings is 1. The summed E-state index contributed by atoms with van der Waals surface area (Å²) in [5.41, 5.74) is 0.0230. The van der Waals surface area contributed by atoms with E-state index in [-0.39, 0.29) is 6.61 Å². The van der Waals surface area contributed by atoms with E-state index >= 15 is 0 Å². The molecule has 0 fully saturated rings. The van der Waals surface area contributed by atoms with Crippen molar-refractivity contribution in [3.63, 3.8) is 0 Å². The minimum atomic E-state index is -5.01. The minimum Gasteiger partial charge on any atom is -0.445 e. The Morgan fingerprint density at radius 2 is 2.07 bits per heavy atom. The number of cyclic esters (lactones) is 1. The molecule has 1 aliphatic heterocycles. The van der Waals surface area contributed by atoms with E-state index < -0.39 is 18.5 Å². The number of fused-ring (bicyclic) bond motifs is 1. The molecule has 80 valence electrons. The van der Waals surface area contributed by atoms with Crippen LogP contribution in [-0.4, -0.2) is 13.1 Å². The summed E-state index contributed by atoms with van der Waals surface area (Å²) in [7, 11) is 0. The highest BCUT2D eigenvalue weighted by molar-refractivity contribution is 6.73. The Kier molecular flexibility index (Phi) is 2.10. The Balaban J connectivity index is 2.39. The lowest BCUT2D eigenvalue weighted by molar-refractivity contribution is 0.151. The Bertz CT molecular complexity index is 419. The number of carbonyl (C=O) groups excluding carboxylic acids is 1. The Hall–Kier alpha value is -1.66. The second kappa shape index (κ2) is 3.18. The van der Waals surface area contributed by atoms with Crippen molar-refractivity contribution in [2.75, 3.05) is 5.32 Å². The monoisotopic (exact) mass is 216 g/mol. The second-order valence-corrected chi connectivity index (χ2v) is 3.19. The molecule has 3 nitrogen and oxygen atoms in total. The zero-order valence-corrected chi connectivity index (χ0v) is 7.47. The molecule has 1 aromatic carbocycles. The molecule has 0 saturated heterocycles. The lowest BCUT2D eigenvalue weighted by Crippen LogP contribution is -2.35. The first kappa shape index (κ1) is 9.88. The van der Waals surface area contributed by atoms with Crippen molar-refractivity contribution >= 4 is 24.2 Å². The molecule has 1 heterocycles. The van der Waals surface area contributed by atoms with Crippen molar-refractivity contribution in [1.29, 1.82) is 0 Å². The Morgan fingerprint density at radius 1 is 1.33 bits per heavy atom. The van der Waals surface area contributed by atoms with Crippen LogP contribution in [0.4, 0.5) is 23.4 Å². The highest BCUT2D eigenvalue weighted by Gasteiger charge is 2.27. The first-order valence-corrected chi connectivity index (χ1v) is 4.23. The first-order valence-electron chi connectivity index (χ1n) is 4.23. The van der Waals surface area contributed by atoms with Gasteiger partial charge in [0.2, 0.25) is 0 Å². The fourth-order valence-electron chi connectivity index (χ4n) is 1.35. The molecule has 0 radical (unpaired) electrons. The minimum absolute atomic E-state index is 0.124. The van der Waals surface area contributed by atoms with Crippen molar-refractivity contribution in [1.82, 2.24) is 0 Å². The van der Waals surface area contributed by atoms with E-state index in [9.17, 15) is 17.7 Å². The van der Waals surface area contributed by atoms with Gasteiger partial charge in [-0.15, -0.1) is 5.46 Å². The van der Waals surface area contributed by atoms with Crippen LogP contribution in [0.15, 0.2) is 18.2 Å². The van der Waals surface area contributed by atoms with Crippen molar-refractivity contribution in [2.45, 2.75) is 6.61 Å². The first-order chi connectivity index (χ1) is 6.97. The third-order valence-electron chi connectivity index (χ3n) is 2.10. The van der Waals surface area contributed by atoms with Gasteiger partial charge in [0.25, 0.3) is 0 Å². The highest BCUT2D eigenvalue weighted by atomic mass is 19.4. The van der Waals surface area contributed by atoms with E-state index in [2.05, 4.69) is 10.1 Å². The fourth-order valence-corrected chi connectivity index (χ4v) is 1.35. The number of hydrogen-bond donors (Lipinski definition) is 1. The molecule has 0 aromatic heterocycles. The van der Waals surface area contributed by atoms with Crippen LogP contribution in [0.5, 0.6) is 0 Å². The van der Waals surface area contributed by atoms with Crippen LogP contribution in [0.3, 0.4) is 0 Å². The number of carbonyl (C=O) groups is 1. The summed E-state index contributed by atoms with van der Waals surface area (Å²) < 4.78 is 41.7. The average Bonchev–Trinajstić information content (AvgIpc) is 2.15. The summed E-state index contributed by atoms with van der Waals surface area (Å²) in [6.07, 6.45) is -0.646. The van der Waals surface area contributed by atoms with Crippen LogP contribution in [-0.2, 0) is 11.3 Å². The second-order valence-electron chi connectivity index (χ2n) is 3.19. The summed E-state index contributed by atoms with van der Waals surface area (Å²) in [5, 5.41) is 2.32. The van der Waals surface area contributed by atoms with Crippen molar-refractivity contribution in [2.24, 2.45) is 0 Å². The molecule has 0 bridgehead atoms. The van der Waals surface area contributed by atoms with Crippen LogP contribution in [0.2, 0.25) is 0 Å². The molecule has 7 heteroatoms. The van der Waals surface area contributed by atoms with Gasteiger partial charge in [0, 0.05) is 5.56 Å². The summed E-state index contributed by atoms with van der Waals surface area (Å²) in [5.74, 6) is 0. The van der Waals surface area contributed by atoms with Gasteiger partial charge in [0.1, 0.15) is 6.61 Å². The number of halogens is 3. The van der Waals surface area contributed by atoms with Gasteiger partial charge >= 0.3 is 13.1 Å². The molecule has 0 spiro atoms. The molecule has 15 heavy (non-hydrogen) atoms. The fraction of sp³-hybridized carbons (Fsp3) is 0.125. The van der Waals surface area contributed by atoms with Gasteiger partial charge in [0.05, 0.1) is 5.69 Å². The molecule has 1 amide bonds. The topological polar surface area (TPSA) is 38.3 Å². The number of anilines is 1. The zero-order chi connectivity index (χ0) is 11.1. The molecule has 1 N–H and O–H groups in total. The van der Waals surface area contributed by atoms with Gasteiger partial charge in [-0.1, -0.05) is 12.1 Å². The quantitative estimate of drug-likeness (QED) is 0.726. The van der Waals surface area contributed by atoms with Gasteiger partial charge in [-0.05, 0) is 6.07 Å². The smallest absolute Gasteiger partial charge is 0.445 e. The zero-order valence-electron chi connectivity index (χ0n) is 7.47. The van der Waals surface area contributed by atoms with Crippen molar-refractivity contribution in [3.05, 3.63) is 23.8 Å². The SMILES string of the molecule is O=C1Nc2ccc([B-](F)(F)F)cc2CO1. The maximum Gasteiger partial charge on any atom is 0.509 e. The summed E-state index contributed by atoms with van der Waals surface area (Å²) in [4.78, 5) is 10.8. The number of ether oxygens (including phenoxy) is 1. The molecule has 0 aliphatic carbocycles. The lowest BCUT2D eigenvalue weighted by atomic mass is 9.79. The predicted molar refractivity (Wildman–Crippen MR) is 49.0 cm³/mol. The third-order valence-corrected chi connectivity index (χ3v) is 2.10. The van der Waals surface area contributed by atoms with Crippen LogP contribution < -0.4 is 10.8 Å². The van der Waals surface area contributed by atoms with Crippen LogP contribution in [0.1, 0.15) is 5.56 Å². The number of amides is 1. The lowest BCUT2D eigenvalue weighted by Gasteiger charge is -2.21. The van der Waals surface area contributed by atoms with Crippen LogP contribution in [0, 0.1) is 0 Å². The number of nitrogens with one attached hydrogen (secondary N) is 1. The summed E-state index contributed by atoms with van der Waals surface area (Å²) >= 11 is 0. The average molecular weight is 216 g/mol. The van der Waals surface area contributed by atoms with Gasteiger partial charge in [-0.3, -0.25) is 5.32 Å². The van der Waals surface area contributed by atoms with E-state index in [0.717, 1.165) is 12.1 Å². The van der Waals surface area contributed by atoms with Gasteiger partial charge in [0.15, 0.2) is 0 Å². The molecule has 2 rings (SSSR count). The normalized spacial score (nSPS) is 15.3. The summed E-state index contributed by atoms with van der Waals surface area (Å²) in [6.45, 7) is -5.13. The molecule has 1 aliphatic rings. The molecule has 1 aromatic rings. The maximum atomic E-state index is 12.4. The van der Waals surface area contributed by atoms with E-state index in [0.29, 0.717) is 11.3 Å². The molecule has 0 unspecified atom stereocenters. The molecular weight excluding hydrogens is 210 g/mol. The standard InChI is InChI=1S/C8H6BF3NO2/c10-9(11,12)6-1-2-7-5(3-6)4-15-8(14)13-7/h1-3H,4H2,(H,13,14)/q-1. The van der Waals surface area contributed by atoms with Crippen molar-refractivity contribution in [3.8, 4) is 0 Å². The molecule has 0 saturated carbocycles. The maximum absolute atomic E-state index is 12.4. The van der Waals surface area contributed by atoms with Gasteiger partial charge < -0.3 is 17.7 Å². The van der Waals surface area contributed by atoms with E-state index in [1.165, 1.54) is 6.07 Å². The summed E-state index contributed by atoms with van der Waals surface area (Å²) in [6, 6.07) is 3.18. The predicted octanol–water partition coefficient (Wildman–Crippen LogP) is 1.80. The Labute approximate surface area is 83.3 Å². The Morgan fingerprint density at radius 3 is 2.73 bits per heavy atom. The van der Waals surface area contributed by atoms with Crippen LogP contribution >= 0.6 is 0 Å². The molecular formula is C8H6BF3NO2-. The molecule has 0 atom stereocenters. The van der Waals surface area contributed by atoms with Crippen LogP contribution in [0.25, 0.3) is 0 Å². The largest absolute Gasteiger partial charge is 0.509 e. The highest BCUT2D eigenvalue weighted by Crippen LogP contribution is 2.21. The van der Waals surface area contributed by atoms with Crippen molar-refractivity contribution < 1.29 is 22.5 Å². The number of rotatable bonds is 1. The van der Waals surface area contributed by atoms with E-state index in [4.69, 9.17) is 0 Å². The third kappa shape index (κ3) is 1.90. The van der Waals surface area contributed by atoms with Gasteiger partial charge in [-0.2, -0.15) is 0 Å². The number of hydrogen-bond acceptors (Lipinski definition) is 2. The van der Waals surface area contributed by atoms with Gasteiger partial charge in [-0.25, -0.2) is 4.79 Å². The van der Waals surface area contributed by atoms with E-state index in [1.54, 1.807) is 0 Å². The van der Waals surface area contributed by atoms with E-state index in [1.807, 2.05) is 0 Å².